The number of carbonyl (C=O) groups is 1. The van der Waals surface area contributed by atoms with Crippen molar-refractivity contribution in [2.75, 3.05) is 32.8 Å². The second-order valence-electron chi connectivity index (χ2n) is 6.26. The molecule has 0 saturated heterocycles. The van der Waals surface area contributed by atoms with E-state index in [1.165, 1.54) is 5.56 Å². The molecule has 0 saturated carbocycles. The molecule has 0 fully saturated rings. The fourth-order valence-electron chi connectivity index (χ4n) is 2.71. The number of nitrogens with zero attached hydrogens (tertiary/aromatic N) is 2. The number of ether oxygens (including phenoxy) is 1. The number of benzene rings is 1. The van der Waals surface area contributed by atoms with Crippen LogP contribution in [0.1, 0.15) is 51.7 Å². The third kappa shape index (κ3) is 10.3. The van der Waals surface area contributed by atoms with Crippen molar-refractivity contribution >= 4 is 35.8 Å². The minimum absolute atomic E-state index is 0. The van der Waals surface area contributed by atoms with Crippen LogP contribution in [0.5, 0.6) is 0 Å². The zero-order chi connectivity index (χ0) is 19.9. The third-order valence-electron chi connectivity index (χ3n) is 4.22. The van der Waals surface area contributed by atoms with E-state index in [0.29, 0.717) is 26.1 Å². The molecule has 160 valence electrons. The smallest absolute Gasteiger partial charge is 0.224 e. The number of carbonyl (C=O) groups excluding carboxylic acids is 1. The quantitative estimate of drug-likeness (QED) is 0.198. The van der Waals surface area contributed by atoms with Crippen molar-refractivity contribution in [3.05, 3.63) is 35.4 Å². The number of hydrogen-bond donors (Lipinski definition) is 2. The van der Waals surface area contributed by atoms with Gasteiger partial charge in [-0.3, -0.25) is 4.79 Å². The number of rotatable bonds is 12. The van der Waals surface area contributed by atoms with E-state index < -0.39 is 0 Å². The van der Waals surface area contributed by atoms with Gasteiger partial charge in [0.25, 0.3) is 0 Å². The van der Waals surface area contributed by atoms with Gasteiger partial charge >= 0.3 is 0 Å². The van der Waals surface area contributed by atoms with Gasteiger partial charge in [-0.25, -0.2) is 4.99 Å². The van der Waals surface area contributed by atoms with Crippen molar-refractivity contribution in [2.24, 2.45) is 4.99 Å². The summed E-state index contributed by atoms with van der Waals surface area (Å²) < 4.78 is 5.68. The van der Waals surface area contributed by atoms with E-state index in [4.69, 9.17) is 4.74 Å². The zero-order valence-corrected chi connectivity index (χ0v) is 20.1. The lowest BCUT2D eigenvalue weighted by molar-refractivity contribution is -0.130. The van der Waals surface area contributed by atoms with E-state index in [1.807, 2.05) is 37.8 Å². The highest BCUT2D eigenvalue weighted by Gasteiger charge is 2.09. The minimum atomic E-state index is 0. The number of nitrogens with one attached hydrogen (secondary N) is 2. The SMILES string of the molecule is CCCOCc1ccccc1CN=C(NCC)NCCC(=O)N(CC)CC.I. The van der Waals surface area contributed by atoms with E-state index in [2.05, 4.69) is 34.7 Å². The van der Waals surface area contributed by atoms with Crippen LogP contribution in [0.15, 0.2) is 29.3 Å². The van der Waals surface area contributed by atoms with Crippen LogP contribution < -0.4 is 10.6 Å². The molecule has 0 bridgehead atoms. The number of guanidine groups is 1. The molecule has 1 rings (SSSR count). The van der Waals surface area contributed by atoms with Crippen LogP contribution in [0.4, 0.5) is 0 Å². The van der Waals surface area contributed by atoms with Gasteiger partial charge in [-0.1, -0.05) is 31.2 Å². The molecule has 7 heteroatoms. The second kappa shape index (κ2) is 16.6. The summed E-state index contributed by atoms with van der Waals surface area (Å²) in [5.41, 5.74) is 2.33. The Hall–Kier alpha value is -1.35. The Morgan fingerprint density at radius 3 is 2.36 bits per heavy atom. The Balaban J connectivity index is 0.00000729. The first-order valence-electron chi connectivity index (χ1n) is 10.1. The maximum atomic E-state index is 12.1. The summed E-state index contributed by atoms with van der Waals surface area (Å²) in [4.78, 5) is 18.6. The summed E-state index contributed by atoms with van der Waals surface area (Å²) in [5.74, 6) is 0.899. The van der Waals surface area contributed by atoms with Crippen LogP contribution in [-0.4, -0.2) is 49.6 Å². The fraction of sp³-hybridized carbons (Fsp3) is 0.619. The molecule has 28 heavy (non-hydrogen) atoms. The molecule has 2 N–H and O–H groups in total. The largest absolute Gasteiger partial charge is 0.377 e. The van der Waals surface area contributed by atoms with Crippen LogP contribution in [0.3, 0.4) is 0 Å². The first-order chi connectivity index (χ1) is 13.2. The molecule has 0 unspecified atom stereocenters. The summed E-state index contributed by atoms with van der Waals surface area (Å²) in [6.45, 7) is 12.9. The fourth-order valence-corrected chi connectivity index (χ4v) is 2.71. The van der Waals surface area contributed by atoms with Crippen LogP contribution in [0, 0.1) is 0 Å². The summed E-state index contributed by atoms with van der Waals surface area (Å²) in [5, 5.41) is 6.50. The predicted molar refractivity (Wildman–Crippen MR) is 127 cm³/mol. The summed E-state index contributed by atoms with van der Waals surface area (Å²) in [7, 11) is 0. The van der Waals surface area contributed by atoms with Crippen molar-refractivity contribution in [1.29, 1.82) is 0 Å². The van der Waals surface area contributed by atoms with Crippen molar-refractivity contribution in [3.63, 3.8) is 0 Å². The van der Waals surface area contributed by atoms with Gasteiger partial charge in [-0.2, -0.15) is 0 Å². The van der Waals surface area contributed by atoms with E-state index in [9.17, 15) is 4.79 Å². The highest BCUT2D eigenvalue weighted by molar-refractivity contribution is 14.0. The van der Waals surface area contributed by atoms with Gasteiger partial charge in [0.15, 0.2) is 5.96 Å². The first-order valence-corrected chi connectivity index (χ1v) is 10.1. The van der Waals surface area contributed by atoms with Gasteiger partial charge in [-0.05, 0) is 38.3 Å². The van der Waals surface area contributed by atoms with Crippen molar-refractivity contribution < 1.29 is 9.53 Å². The van der Waals surface area contributed by atoms with E-state index in [-0.39, 0.29) is 29.9 Å². The Bertz CT molecular complexity index is 577. The molecule has 0 aromatic heterocycles. The van der Waals surface area contributed by atoms with Crippen molar-refractivity contribution in [2.45, 2.75) is 53.7 Å². The molecule has 0 radical (unpaired) electrons. The van der Waals surface area contributed by atoms with Gasteiger partial charge in [0.05, 0.1) is 13.2 Å². The number of hydrogen-bond acceptors (Lipinski definition) is 3. The van der Waals surface area contributed by atoms with Gasteiger partial charge < -0.3 is 20.3 Å². The van der Waals surface area contributed by atoms with Gasteiger partial charge in [0.2, 0.25) is 5.91 Å². The third-order valence-corrected chi connectivity index (χ3v) is 4.22. The molecule has 0 atom stereocenters. The molecular weight excluding hydrogens is 467 g/mol. The van der Waals surface area contributed by atoms with Crippen LogP contribution >= 0.6 is 24.0 Å². The maximum absolute atomic E-state index is 12.1. The average Bonchev–Trinajstić information content (AvgIpc) is 2.68. The number of amides is 1. The standard InChI is InChI=1S/C21H36N4O2.HI/c1-5-15-27-17-19-12-10-9-11-18(19)16-24-21(22-6-2)23-14-13-20(26)25(7-3)8-4;/h9-12H,5-8,13-17H2,1-4H3,(H2,22,23,24);1H. The van der Waals surface area contributed by atoms with Gasteiger partial charge in [0.1, 0.15) is 0 Å². The Kier molecular flexibility index (Phi) is 15.8. The summed E-state index contributed by atoms with van der Waals surface area (Å²) in [6.07, 6.45) is 1.48. The highest BCUT2D eigenvalue weighted by Crippen LogP contribution is 2.11. The first kappa shape index (κ1) is 26.6. The lowest BCUT2D eigenvalue weighted by atomic mass is 10.1. The minimum Gasteiger partial charge on any atom is -0.377 e. The average molecular weight is 504 g/mol. The summed E-state index contributed by atoms with van der Waals surface area (Å²) >= 11 is 0. The van der Waals surface area contributed by atoms with Crippen LogP contribution in [-0.2, 0) is 22.7 Å². The second-order valence-corrected chi connectivity index (χ2v) is 6.26. The Morgan fingerprint density at radius 1 is 1.07 bits per heavy atom. The topological polar surface area (TPSA) is 66.0 Å². The lowest BCUT2D eigenvalue weighted by Crippen LogP contribution is -2.40. The molecule has 0 aliphatic heterocycles. The Labute approximate surface area is 187 Å². The Morgan fingerprint density at radius 2 is 1.75 bits per heavy atom. The zero-order valence-electron chi connectivity index (χ0n) is 17.8. The monoisotopic (exact) mass is 504 g/mol. The molecule has 0 aliphatic carbocycles. The van der Waals surface area contributed by atoms with Crippen LogP contribution in [0.2, 0.25) is 0 Å². The molecule has 1 aromatic rings. The normalized spacial score (nSPS) is 10.9. The van der Waals surface area contributed by atoms with Gasteiger partial charge in [0, 0.05) is 39.2 Å². The maximum Gasteiger partial charge on any atom is 0.224 e. The molecule has 0 aliphatic rings. The number of halogens is 1. The molecule has 0 spiro atoms. The van der Waals surface area contributed by atoms with Crippen molar-refractivity contribution in [1.82, 2.24) is 15.5 Å². The molecular formula is C21H37IN4O2. The molecule has 0 heterocycles. The lowest BCUT2D eigenvalue weighted by Gasteiger charge is -2.19. The summed E-state index contributed by atoms with van der Waals surface area (Å²) in [6, 6.07) is 8.22. The molecule has 1 aromatic carbocycles. The van der Waals surface area contributed by atoms with E-state index >= 15 is 0 Å². The molecule has 1 amide bonds. The molecule has 6 nitrogen and oxygen atoms in total. The predicted octanol–water partition coefficient (Wildman–Crippen LogP) is 3.54. The van der Waals surface area contributed by atoms with Crippen LogP contribution in [0.25, 0.3) is 0 Å². The van der Waals surface area contributed by atoms with Crippen molar-refractivity contribution in [3.8, 4) is 0 Å². The van der Waals surface area contributed by atoms with Gasteiger partial charge in [-0.15, -0.1) is 24.0 Å². The van der Waals surface area contributed by atoms with E-state index in [0.717, 1.165) is 44.2 Å². The number of aliphatic imine (C=N–C) groups is 1. The van der Waals surface area contributed by atoms with E-state index in [1.54, 1.807) is 0 Å². The highest BCUT2D eigenvalue weighted by atomic mass is 127.